The summed E-state index contributed by atoms with van der Waals surface area (Å²) in [5.41, 5.74) is 7.31. The second kappa shape index (κ2) is 4.94. The molecule has 1 saturated heterocycles. The molecule has 18 heavy (non-hydrogen) atoms. The van der Waals surface area contributed by atoms with E-state index >= 15 is 0 Å². The molecule has 2 rings (SSSR count). The van der Waals surface area contributed by atoms with E-state index < -0.39 is 0 Å². The van der Waals surface area contributed by atoms with Crippen LogP contribution in [-0.4, -0.2) is 23.0 Å². The van der Waals surface area contributed by atoms with Crippen LogP contribution in [0.15, 0.2) is 18.2 Å². The Morgan fingerprint density at radius 2 is 2.22 bits per heavy atom. The second-order valence-corrected chi connectivity index (χ2v) is 6.24. The summed E-state index contributed by atoms with van der Waals surface area (Å²) in [4.78, 5) is 2.51. The first kappa shape index (κ1) is 13.4. The molecule has 98 valence electrons. The van der Waals surface area contributed by atoms with Crippen molar-refractivity contribution in [3.8, 4) is 0 Å². The van der Waals surface area contributed by atoms with Crippen molar-refractivity contribution in [3.63, 3.8) is 0 Å². The van der Waals surface area contributed by atoms with Crippen molar-refractivity contribution >= 4 is 17.2 Å². The van der Waals surface area contributed by atoms with E-state index in [0.717, 1.165) is 25.2 Å². The predicted octanol–water partition coefficient (Wildman–Crippen LogP) is 2.69. The molecule has 4 heteroatoms. The van der Waals surface area contributed by atoms with Gasteiger partial charge < -0.3 is 5.73 Å². The quantitative estimate of drug-likeness (QED) is 0.853. The normalized spacial score (nSPS) is 19.1. The minimum atomic E-state index is -0.340. The van der Waals surface area contributed by atoms with Crippen molar-refractivity contribution in [2.75, 3.05) is 13.1 Å². The molecule has 1 aliphatic rings. The average molecular weight is 266 g/mol. The molecule has 0 radical (unpaired) electrons. The topological polar surface area (TPSA) is 29.3 Å². The van der Waals surface area contributed by atoms with Gasteiger partial charge in [-0.15, -0.1) is 0 Å². The number of rotatable bonds is 3. The Labute approximate surface area is 113 Å². The molecule has 0 aromatic heterocycles. The largest absolute Gasteiger partial charge is 0.389 e. The van der Waals surface area contributed by atoms with Crippen LogP contribution < -0.4 is 5.73 Å². The summed E-state index contributed by atoms with van der Waals surface area (Å²) in [6.07, 6.45) is 1.20. The summed E-state index contributed by atoms with van der Waals surface area (Å²) in [7, 11) is 0. The van der Waals surface area contributed by atoms with Crippen LogP contribution in [0.3, 0.4) is 0 Å². The maximum atomic E-state index is 13.5. The van der Waals surface area contributed by atoms with Crippen LogP contribution in [0.1, 0.15) is 31.4 Å². The third-order valence-electron chi connectivity index (χ3n) is 3.46. The highest BCUT2D eigenvalue weighted by Crippen LogP contribution is 2.29. The van der Waals surface area contributed by atoms with Gasteiger partial charge in [-0.2, -0.15) is 0 Å². The van der Waals surface area contributed by atoms with E-state index in [1.807, 2.05) is 6.07 Å². The van der Waals surface area contributed by atoms with E-state index in [1.165, 1.54) is 12.5 Å². The van der Waals surface area contributed by atoms with Crippen molar-refractivity contribution in [3.05, 3.63) is 35.1 Å². The molecule has 0 bridgehead atoms. The summed E-state index contributed by atoms with van der Waals surface area (Å²) < 4.78 is 13.5. The zero-order valence-electron chi connectivity index (χ0n) is 10.9. The number of hydrogen-bond acceptors (Lipinski definition) is 2. The van der Waals surface area contributed by atoms with Crippen LogP contribution in [0, 0.1) is 11.2 Å². The van der Waals surface area contributed by atoms with Crippen molar-refractivity contribution in [1.82, 2.24) is 4.90 Å². The highest BCUT2D eigenvalue weighted by atomic mass is 32.1. The van der Waals surface area contributed by atoms with Gasteiger partial charge in [-0.05, 0) is 36.1 Å². The highest BCUT2D eigenvalue weighted by Gasteiger charge is 2.28. The predicted molar refractivity (Wildman–Crippen MR) is 76.0 cm³/mol. The minimum Gasteiger partial charge on any atom is -0.389 e. The third kappa shape index (κ3) is 3.06. The van der Waals surface area contributed by atoms with E-state index in [4.69, 9.17) is 18.0 Å². The van der Waals surface area contributed by atoms with Crippen molar-refractivity contribution < 1.29 is 4.39 Å². The van der Waals surface area contributed by atoms with Crippen LogP contribution in [0.5, 0.6) is 0 Å². The van der Waals surface area contributed by atoms with Gasteiger partial charge in [0.2, 0.25) is 0 Å². The molecule has 0 unspecified atom stereocenters. The van der Waals surface area contributed by atoms with Gasteiger partial charge in [0.1, 0.15) is 10.8 Å². The van der Waals surface area contributed by atoms with E-state index in [1.54, 1.807) is 6.07 Å². The van der Waals surface area contributed by atoms with Crippen LogP contribution >= 0.6 is 12.2 Å². The molecule has 1 fully saturated rings. The van der Waals surface area contributed by atoms with E-state index in [0.29, 0.717) is 11.0 Å². The van der Waals surface area contributed by atoms with Gasteiger partial charge in [0.05, 0.1) is 0 Å². The lowest BCUT2D eigenvalue weighted by Crippen LogP contribution is -2.23. The van der Waals surface area contributed by atoms with Crippen LogP contribution in [0.4, 0.5) is 4.39 Å². The molecule has 0 spiro atoms. The molecular weight excluding hydrogens is 247 g/mol. The number of benzene rings is 1. The molecule has 1 aliphatic heterocycles. The second-order valence-electron chi connectivity index (χ2n) is 5.80. The molecule has 0 amide bonds. The van der Waals surface area contributed by atoms with Crippen LogP contribution in [0.2, 0.25) is 0 Å². The zero-order chi connectivity index (χ0) is 13.3. The maximum Gasteiger partial charge on any atom is 0.133 e. The van der Waals surface area contributed by atoms with Crippen molar-refractivity contribution in [1.29, 1.82) is 0 Å². The van der Waals surface area contributed by atoms with Gasteiger partial charge in [-0.1, -0.05) is 32.1 Å². The standard InChI is InChI=1S/C14H19FN2S/c1-14(2)5-6-17(9-14)8-10-3-4-12(15)11(7-10)13(16)18/h3-4,7H,5-6,8-9H2,1-2H3,(H2,16,18). The average Bonchev–Trinajstić information content (AvgIpc) is 2.60. The van der Waals surface area contributed by atoms with Crippen LogP contribution in [-0.2, 0) is 6.54 Å². The highest BCUT2D eigenvalue weighted by molar-refractivity contribution is 7.80. The molecule has 1 aromatic carbocycles. The van der Waals surface area contributed by atoms with Gasteiger partial charge in [-0.3, -0.25) is 4.90 Å². The van der Waals surface area contributed by atoms with Crippen LogP contribution in [0.25, 0.3) is 0 Å². The molecule has 1 heterocycles. The molecule has 0 atom stereocenters. The molecule has 2 nitrogen and oxygen atoms in total. The Kier molecular flexibility index (Phi) is 3.69. The van der Waals surface area contributed by atoms with Gasteiger partial charge in [-0.25, -0.2) is 4.39 Å². The number of hydrogen-bond donors (Lipinski definition) is 1. The molecule has 0 aliphatic carbocycles. The smallest absolute Gasteiger partial charge is 0.133 e. The lowest BCUT2D eigenvalue weighted by atomic mass is 9.93. The first-order valence-electron chi connectivity index (χ1n) is 6.18. The lowest BCUT2D eigenvalue weighted by molar-refractivity contribution is 0.284. The first-order chi connectivity index (χ1) is 8.37. The Morgan fingerprint density at radius 1 is 1.50 bits per heavy atom. The monoisotopic (exact) mass is 266 g/mol. The summed E-state index contributed by atoms with van der Waals surface area (Å²) in [5, 5.41) is 0. The lowest BCUT2D eigenvalue weighted by Gasteiger charge is -2.20. The summed E-state index contributed by atoms with van der Waals surface area (Å²) in [6.45, 7) is 7.55. The summed E-state index contributed by atoms with van der Waals surface area (Å²) >= 11 is 4.85. The third-order valence-corrected chi connectivity index (χ3v) is 3.68. The minimum absolute atomic E-state index is 0.121. The zero-order valence-corrected chi connectivity index (χ0v) is 11.7. The number of likely N-dealkylation sites (tertiary alicyclic amines) is 1. The number of thiocarbonyl (C=S) groups is 1. The van der Waals surface area contributed by atoms with Gasteiger partial charge in [0.15, 0.2) is 0 Å². The van der Waals surface area contributed by atoms with E-state index in [-0.39, 0.29) is 10.8 Å². The number of halogens is 1. The number of nitrogens with two attached hydrogens (primary N) is 1. The Morgan fingerprint density at radius 3 is 2.78 bits per heavy atom. The summed E-state index contributed by atoms with van der Waals surface area (Å²) in [5.74, 6) is -0.340. The summed E-state index contributed by atoms with van der Waals surface area (Å²) in [6, 6.07) is 5.02. The Bertz CT molecular complexity index is 471. The van der Waals surface area contributed by atoms with Gasteiger partial charge in [0.25, 0.3) is 0 Å². The molecule has 1 aromatic rings. The maximum absolute atomic E-state index is 13.5. The van der Waals surface area contributed by atoms with Gasteiger partial charge >= 0.3 is 0 Å². The number of nitrogens with zero attached hydrogens (tertiary/aromatic N) is 1. The fourth-order valence-electron chi connectivity index (χ4n) is 2.48. The van der Waals surface area contributed by atoms with Crippen molar-refractivity contribution in [2.24, 2.45) is 11.1 Å². The molecule has 0 saturated carbocycles. The SMILES string of the molecule is CC1(C)CCN(Cc2ccc(F)c(C(N)=S)c2)C1. The molecular formula is C14H19FN2S. The Balaban J connectivity index is 2.11. The van der Waals surface area contributed by atoms with Gasteiger partial charge in [0, 0.05) is 18.7 Å². The first-order valence-corrected chi connectivity index (χ1v) is 6.59. The van der Waals surface area contributed by atoms with Crippen molar-refractivity contribution in [2.45, 2.75) is 26.8 Å². The Hall–Kier alpha value is -1.00. The van der Waals surface area contributed by atoms with E-state index in [9.17, 15) is 4.39 Å². The van der Waals surface area contributed by atoms with E-state index in [2.05, 4.69) is 18.7 Å². The molecule has 2 N–H and O–H groups in total. The fraction of sp³-hybridized carbons (Fsp3) is 0.500. The fourth-order valence-corrected chi connectivity index (χ4v) is 2.63.